The number of hydrogen-bond acceptors (Lipinski definition) is 4. The summed E-state index contributed by atoms with van der Waals surface area (Å²) in [5, 5.41) is 4.15. The summed E-state index contributed by atoms with van der Waals surface area (Å²) in [4.78, 5) is 0. The van der Waals surface area contributed by atoms with Gasteiger partial charge in [0, 0.05) is 28.2 Å². The van der Waals surface area contributed by atoms with Crippen molar-refractivity contribution >= 4 is 21.7 Å². The van der Waals surface area contributed by atoms with Gasteiger partial charge in [0.25, 0.3) is 0 Å². The van der Waals surface area contributed by atoms with E-state index in [2.05, 4.69) is 21.0 Å². The number of nitrogens with two attached hydrogens (primary N) is 1. The van der Waals surface area contributed by atoms with E-state index in [4.69, 9.17) is 15.2 Å². The molecule has 18 heavy (non-hydrogen) atoms. The molecule has 2 N–H and O–H groups in total. The standard InChI is InChI=1S/C12H12BrN3O2/c1-16-12(14)9(4-15-16)8-3-11-7(2-10(8)13)5-17-6-18-11/h2-4H,5-6,14H2,1H3. The van der Waals surface area contributed by atoms with Crippen LogP contribution in [0.2, 0.25) is 0 Å². The minimum Gasteiger partial charge on any atom is -0.467 e. The van der Waals surface area contributed by atoms with Gasteiger partial charge in [0.15, 0.2) is 6.79 Å². The van der Waals surface area contributed by atoms with Gasteiger partial charge in [-0.25, -0.2) is 0 Å². The van der Waals surface area contributed by atoms with Gasteiger partial charge in [-0.15, -0.1) is 0 Å². The molecule has 2 aromatic rings. The van der Waals surface area contributed by atoms with E-state index in [-0.39, 0.29) is 6.79 Å². The molecule has 1 aromatic heterocycles. The first-order chi connectivity index (χ1) is 8.66. The largest absolute Gasteiger partial charge is 0.467 e. The van der Waals surface area contributed by atoms with Crippen LogP contribution in [0, 0.1) is 0 Å². The topological polar surface area (TPSA) is 62.3 Å². The summed E-state index contributed by atoms with van der Waals surface area (Å²) in [6.07, 6.45) is 1.75. The maximum Gasteiger partial charge on any atom is 0.189 e. The lowest BCUT2D eigenvalue weighted by Crippen LogP contribution is -2.11. The summed E-state index contributed by atoms with van der Waals surface area (Å²) in [5.41, 5.74) is 8.89. The smallest absolute Gasteiger partial charge is 0.189 e. The predicted molar refractivity (Wildman–Crippen MR) is 71.0 cm³/mol. The van der Waals surface area contributed by atoms with Crippen molar-refractivity contribution in [2.45, 2.75) is 6.61 Å². The first-order valence-electron chi connectivity index (χ1n) is 5.47. The number of halogens is 1. The number of aromatic nitrogens is 2. The second-order valence-electron chi connectivity index (χ2n) is 4.12. The van der Waals surface area contributed by atoms with Crippen molar-refractivity contribution in [2.24, 2.45) is 7.05 Å². The lowest BCUT2D eigenvalue weighted by atomic mass is 10.1. The summed E-state index contributed by atoms with van der Waals surface area (Å²) < 4.78 is 13.3. The molecule has 0 fully saturated rings. The van der Waals surface area contributed by atoms with Gasteiger partial charge in [-0.1, -0.05) is 15.9 Å². The van der Waals surface area contributed by atoms with Crippen molar-refractivity contribution in [2.75, 3.05) is 12.5 Å². The zero-order chi connectivity index (χ0) is 12.7. The minimum absolute atomic E-state index is 0.288. The Hall–Kier alpha value is -1.53. The van der Waals surface area contributed by atoms with Crippen LogP contribution in [0.4, 0.5) is 5.82 Å². The fourth-order valence-electron chi connectivity index (χ4n) is 1.96. The summed E-state index contributed by atoms with van der Waals surface area (Å²) >= 11 is 3.55. The molecular weight excluding hydrogens is 298 g/mol. The Kier molecular flexibility index (Phi) is 2.76. The average Bonchev–Trinajstić information content (AvgIpc) is 2.69. The molecule has 0 radical (unpaired) electrons. The summed E-state index contributed by atoms with van der Waals surface area (Å²) in [6, 6.07) is 3.96. The number of aryl methyl sites for hydroxylation is 1. The number of fused-ring (bicyclic) bond motifs is 1. The van der Waals surface area contributed by atoms with E-state index in [1.807, 2.05) is 19.2 Å². The molecule has 6 heteroatoms. The average molecular weight is 310 g/mol. The molecule has 0 aliphatic carbocycles. The van der Waals surface area contributed by atoms with Crippen LogP contribution in [-0.2, 0) is 18.4 Å². The van der Waals surface area contributed by atoms with Crippen molar-refractivity contribution in [3.63, 3.8) is 0 Å². The zero-order valence-electron chi connectivity index (χ0n) is 9.81. The Morgan fingerprint density at radius 3 is 2.94 bits per heavy atom. The van der Waals surface area contributed by atoms with Crippen molar-refractivity contribution in [3.8, 4) is 16.9 Å². The van der Waals surface area contributed by atoms with E-state index < -0.39 is 0 Å². The number of rotatable bonds is 1. The van der Waals surface area contributed by atoms with Crippen molar-refractivity contribution < 1.29 is 9.47 Å². The predicted octanol–water partition coefficient (Wildman–Crippen LogP) is 2.30. The van der Waals surface area contributed by atoms with Gasteiger partial charge < -0.3 is 15.2 Å². The van der Waals surface area contributed by atoms with Crippen LogP contribution in [0.1, 0.15) is 5.56 Å². The van der Waals surface area contributed by atoms with Gasteiger partial charge in [-0.05, 0) is 12.1 Å². The first-order valence-corrected chi connectivity index (χ1v) is 6.27. The monoisotopic (exact) mass is 309 g/mol. The van der Waals surface area contributed by atoms with E-state index >= 15 is 0 Å². The zero-order valence-corrected chi connectivity index (χ0v) is 11.4. The summed E-state index contributed by atoms with van der Waals surface area (Å²) in [5.74, 6) is 1.46. The molecule has 1 aromatic carbocycles. The molecule has 94 valence electrons. The number of benzene rings is 1. The molecule has 0 saturated heterocycles. The Labute approximate surface area is 113 Å². The molecule has 5 nitrogen and oxygen atoms in total. The number of hydrogen-bond donors (Lipinski definition) is 1. The molecular formula is C12H12BrN3O2. The quantitative estimate of drug-likeness (QED) is 0.878. The number of ether oxygens (including phenoxy) is 2. The van der Waals surface area contributed by atoms with Crippen LogP contribution in [0.5, 0.6) is 5.75 Å². The Morgan fingerprint density at radius 2 is 2.22 bits per heavy atom. The highest BCUT2D eigenvalue weighted by Gasteiger charge is 2.17. The first kappa shape index (κ1) is 11.6. The molecule has 2 heterocycles. The molecule has 0 spiro atoms. The van der Waals surface area contributed by atoms with E-state index in [0.29, 0.717) is 12.4 Å². The third-order valence-electron chi connectivity index (χ3n) is 2.98. The number of nitrogen functional groups attached to an aromatic ring is 1. The molecule has 0 atom stereocenters. The van der Waals surface area contributed by atoms with Gasteiger partial charge >= 0.3 is 0 Å². The third kappa shape index (κ3) is 1.77. The number of nitrogens with zero attached hydrogens (tertiary/aromatic N) is 2. The van der Waals surface area contributed by atoms with E-state index in [1.165, 1.54) is 0 Å². The van der Waals surface area contributed by atoms with Crippen molar-refractivity contribution in [1.29, 1.82) is 0 Å². The Bertz CT molecular complexity index is 610. The lowest BCUT2D eigenvalue weighted by molar-refractivity contribution is -0.0163. The van der Waals surface area contributed by atoms with Crippen LogP contribution >= 0.6 is 15.9 Å². The SMILES string of the molecule is Cn1ncc(-c2cc3c(cc2Br)COCO3)c1N. The highest BCUT2D eigenvalue weighted by atomic mass is 79.9. The van der Waals surface area contributed by atoms with Crippen LogP contribution in [-0.4, -0.2) is 16.6 Å². The highest BCUT2D eigenvalue weighted by Crippen LogP contribution is 2.38. The molecule has 1 aliphatic rings. The molecule has 0 unspecified atom stereocenters. The lowest BCUT2D eigenvalue weighted by Gasteiger charge is -2.19. The van der Waals surface area contributed by atoms with Crippen molar-refractivity contribution in [3.05, 3.63) is 28.4 Å². The molecule has 0 amide bonds. The maximum absolute atomic E-state index is 5.99. The van der Waals surface area contributed by atoms with Crippen LogP contribution in [0.25, 0.3) is 11.1 Å². The summed E-state index contributed by atoms with van der Waals surface area (Å²) in [7, 11) is 1.81. The second kappa shape index (κ2) is 4.29. The molecule has 3 rings (SSSR count). The fraction of sp³-hybridized carbons (Fsp3) is 0.250. The van der Waals surface area contributed by atoms with E-state index in [1.54, 1.807) is 10.9 Å². The third-order valence-corrected chi connectivity index (χ3v) is 3.64. The van der Waals surface area contributed by atoms with Gasteiger partial charge in [0.2, 0.25) is 0 Å². The Balaban J connectivity index is 2.15. The van der Waals surface area contributed by atoms with Crippen LogP contribution in [0.3, 0.4) is 0 Å². The Morgan fingerprint density at radius 1 is 1.39 bits per heavy atom. The maximum atomic E-state index is 5.99. The fourth-order valence-corrected chi connectivity index (χ4v) is 2.56. The summed E-state index contributed by atoms with van der Waals surface area (Å²) in [6.45, 7) is 0.854. The van der Waals surface area contributed by atoms with Crippen LogP contribution in [0.15, 0.2) is 22.8 Å². The van der Waals surface area contributed by atoms with Gasteiger partial charge in [0.1, 0.15) is 11.6 Å². The highest BCUT2D eigenvalue weighted by molar-refractivity contribution is 9.10. The van der Waals surface area contributed by atoms with Gasteiger partial charge in [-0.3, -0.25) is 4.68 Å². The normalized spacial score (nSPS) is 14.1. The minimum atomic E-state index is 0.288. The molecule has 0 saturated carbocycles. The second-order valence-corrected chi connectivity index (χ2v) is 4.97. The van der Waals surface area contributed by atoms with Crippen molar-refractivity contribution in [1.82, 2.24) is 9.78 Å². The van der Waals surface area contributed by atoms with E-state index in [0.717, 1.165) is 26.9 Å². The number of anilines is 1. The van der Waals surface area contributed by atoms with Gasteiger partial charge in [-0.2, -0.15) is 5.10 Å². The molecule has 1 aliphatic heterocycles. The van der Waals surface area contributed by atoms with Gasteiger partial charge in [0.05, 0.1) is 12.8 Å². The van der Waals surface area contributed by atoms with E-state index in [9.17, 15) is 0 Å². The molecule has 0 bridgehead atoms. The van der Waals surface area contributed by atoms with Crippen LogP contribution < -0.4 is 10.5 Å².